The largest absolute Gasteiger partial charge is 0.436 e. The fraction of sp³-hybridized carbons (Fsp3) is 0.583. The molecule has 10 nitrogen and oxygen atoms in total. The van der Waals surface area contributed by atoms with Crippen molar-refractivity contribution < 1.29 is 19.1 Å². The van der Waals surface area contributed by atoms with Crippen LogP contribution in [0.3, 0.4) is 0 Å². The first-order valence-electron chi connectivity index (χ1n) is 17.2. The SMILES string of the molecule is Cc1cc(C[C@@H](OC(=O)N2CCC(N3CCc4ccccc4NC3=O)CC2)C(=O)N2CCC(C3CCNCC3)CC2)cc(C)c1N. The second-order valence-corrected chi connectivity index (χ2v) is 13.7. The quantitative estimate of drug-likeness (QED) is 0.397. The van der Waals surface area contributed by atoms with E-state index in [0.717, 1.165) is 71.9 Å². The van der Waals surface area contributed by atoms with E-state index in [1.807, 2.05) is 54.0 Å². The predicted molar refractivity (Wildman–Crippen MR) is 180 cm³/mol. The van der Waals surface area contributed by atoms with Crippen molar-refractivity contribution in [2.45, 2.75) is 77.4 Å². The van der Waals surface area contributed by atoms with Gasteiger partial charge in [0.2, 0.25) is 0 Å². The molecular weight excluding hydrogens is 580 g/mol. The van der Waals surface area contributed by atoms with Gasteiger partial charge in [0.25, 0.3) is 5.91 Å². The molecule has 0 saturated carbocycles. The molecule has 1 atom stereocenters. The van der Waals surface area contributed by atoms with Gasteiger partial charge in [0.05, 0.1) is 0 Å². The minimum atomic E-state index is -0.905. The van der Waals surface area contributed by atoms with Crippen LogP contribution in [0.1, 0.15) is 60.8 Å². The molecule has 0 spiro atoms. The zero-order chi connectivity index (χ0) is 32.2. The molecule has 4 heterocycles. The van der Waals surface area contributed by atoms with Crippen molar-refractivity contribution >= 4 is 29.4 Å². The van der Waals surface area contributed by atoms with Crippen molar-refractivity contribution in [3.63, 3.8) is 0 Å². The van der Waals surface area contributed by atoms with E-state index in [2.05, 4.69) is 16.7 Å². The highest BCUT2D eigenvalue weighted by Crippen LogP contribution is 2.32. The standard InChI is InChI=1S/C36H50N6O4/c1-24-21-26(22-25(2)33(24)37)23-32(34(43)40-16-9-28(10-17-40)27-7-14-38-15-8-27)46-36(45)41-18-12-30(13-19-41)42-20-11-29-5-3-4-6-31(29)39-35(42)44/h3-6,21-22,27-28,30,32,38H,7-20,23,37H2,1-2H3,(H,39,44)/t32-/m1/s1. The molecule has 2 aromatic carbocycles. The maximum atomic E-state index is 14.0. The van der Waals surface area contributed by atoms with Crippen LogP contribution in [-0.4, -0.2) is 90.7 Å². The zero-order valence-electron chi connectivity index (χ0n) is 27.4. The molecule has 4 amide bonds. The zero-order valence-corrected chi connectivity index (χ0v) is 27.4. The summed E-state index contributed by atoms with van der Waals surface area (Å²) in [5.74, 6) is 1.27. The van der Waals surface area contributed by atoms with Gasteiger partial charge in [0, 0.05) is 56.6 Å². The normalized spacial score (nSPS) is 20.9. The van der Waals surface area contributed by atoms with Crippen molar-refractivity contribution in [3.05, 3.63) is 58.7 Å². The van der Waals surface area contributed by atoms with Crippen LogP contribution in [0.15, 0.2) is 36.4 Å². The number of benzene rings is 2. The van der Waals surface area contributed by atoms with Gasteiger partial charge in [-0.25, -0.2) is 9.59 Å². The lowest BCUT2D eigenvalue weighted by molar-refractivity contribution is -0.142. The van der Waals surface area contributed by atoms with Crippen LogP contribution in [0.25, 0.3) is 0 Å². The number of nitrogens with one attached hydrogen (secondary N) is 2. The Labute approximate surface area is 273 Å². The van der Waals surface area contributed by atoms with E-state index < -0.39 is 12.2 Å². The number of piperidine rings is 3. The summed E-state index contributed by atoms with van der Waals surface area (Å²) >= 11 is 0. The highest BCUT2D eigenvalue weighted by molar-refractivity contribution is 5.91. The second-order valence-electron chi connectivity index (χ2n) is 13.7. The molecule has 4 N–H and O–H groups in total. The van der Waals surface area contributed by atoms with Gasteiger partial charge in [0.1, 0.15) is 0 Å². The van der Waals surface area contributed by atoms with Crippen molar-refractivity contribution in [1.82, 2.24) is 20.0 Å². The molecule has 3 saturated heterocycles. The second kappa shape index (κ2) is 14.3. The minimum Gasteiger partial charge on any atom is -0.436 e. The number of carbonyl (C=O) groups excluding carboxylic acids is 3. The number of para-hydroxylation sites is 1. The number of nitrogen functional groups attached to an aromatic ring is 1. The van der Waals surface area contributed by atoms with E-state index in [4.69, 9.17) is 10.5 Å². The van der Waals surface area contributed by atoms with Crippen LogP contribution in [0.4, 0.5) is 21.0 Å². The van der Waals surface area contributed by atoms with E-state index in [1.54, 1.807) is 4.90 Å². The fourth-order valence-corrected chi connectivity index (χ4v) is 7.98. The third-order valence-corrected chi connectivity index (χ3v) is 10.8. The number of carbonyl (C=O) groups is 3. The Hall–Kier alpha value is -3.79. The molecule has 4 aliphatic rings. The number of hydrogen-bond donors (Lipinski definition) is 3. The average molecular weight is 631 g/mol. The van der Waals surface area contributed by atoms with Crippen molar-refractivity contribution in [2.24, 2.45) is 11.8 Å². The number of hydrogen-bond acceptors (Lipinski definition) is 6. The van der Waals surface area contributed by atoms with Gasteiger partial charge in [-0.3, -0.25) is 4.79 Å². The van der Waals surface area contributed by atoms with Crippen LogP contribution >= 0.6 is 0 Å². The number of likely N-dealkylation sites (tertiary alicyclic amines) is 2. The number of fused-ring (bicyclic) bond motifs is 1. The molecule has 248 valence electrons. The molecule has 0 aliphatic carbocycles. The third kappa shape index (κ3) is 7.27. The van der Waals surface area contributed by atoms with Crippen LogP contribution in [0, 0.1) is 25.7 Å². The summed E-state index contributed by atoms with van der Waals surface area (Å²) < 4.78 is 6.09. The predicted octanol–water partition coefficient (Wildman–Crippen LogP) is 4.73. The molecule has 4 aliphatic heterocycles. The maximum Gasteiger partial charge on any atom is 0.410 e. The van der Waals surface area contributed by atoms with Gasteiger partial charge in [-0.2, -0.15) is 0 Å². The monoisotopic (exact) mass is 630 g/mol. The molecule has 0 aromatic heterocycles. The van der Waals surface area contributed by atoms with Gasteiger partial charge < -0.3 is 35.8 Å². The first kappa shape index (κ1) is 32.2. The van der Waals surface area contributed by atoms with Gasteiger partial charge in [-0.15, -0.1) is 0 Å². The van der Waals surface area contributed by atoms with Crippen LogP contribution in [-0.2, 0) is 22.4 Å². The molecule has 3 fully saturated rings. The Kier molecular flexibility index (Phi) is 10.0. The molecular formula is C36H50N6O4. The molecule has 0 unspecified atom stereocenters. The van der Waals surface area contributed by atoms with Crippen molar-refractivity contribution in [3.8, 4) is 0 Å². The fourth-order valence-electron chi connectivity index (χ4n) is 7.98. The number of urea groups is 1. The topological polar surface area (TPSA) is 120 Å². The van der Waals surface area contributed by atoms with Crippen molar-refractivity contribution in [1.29, 1.82) is 0 Å². The lowest BCUT2D eigenvalue weighted by atomic mass is 9.79. The summed E-state index contributed by atoms with van der Waals surface area (Å²) in [6.07, 6.45) is 5.49. The van der Waals surface area contributed by atoms with E-state index in [-0.39, 0.29) is 18.0 Å². The van der Waals surface area contributed by atoms with Gasteiger partial charge in [0.15, 0.2) is 6.10 Å². The number of anilines is 2. The summed E-state index contributed by atoms with van der Waals surface area (Å²) in [6, 6.07) is 11.9. The van der Waals surface area contributed by atoms with E-state index in [0.29, 0.717) is 57.9 Å². The number of rotatable bonds is 6. The first-order valence-corrected chi connectivity index (χ1v) is 17.2. The van der Waals surface area contributed by atoms with E-state index in [1.165, 1.54) is 12.8 Å². The Bertz CT molecular complexity index is 1390. The molecule has 46 heavy (non-hydrogen) atoms. The van der Waals surface area contributed by atoms with Gasteiger partial charge in [-0.1, -0.05) is 30.3 Å². The molecule has 2 aromatic rings. The lowest BCUT2D eigenvalue weighted by Crippen LogP contribution is -2.52. The van der Waals surface area contributed by atoms with Gasteiger partial charge in [-0.05, 0) is 112 Å². The summed E-state index contributed by atoms with van der Waals surface area (Å²) in [7, 11) is 0. The Morgan fingerprint density at radius 1 is 0.891 bits per heavy atom. The molecule has 10 heteroatoms. The Morgan fingerprint density at radius 3 is 2.22 bits per heavy atom. The van der Waals surface area contributed by atoms with Crippen LogP contribution in [0.2, 0.25) is 0 Å². The summed E-state index contributed by atoms with van der Waals surface area (Å²) in [6.45, 7) is 9.09. The lowest BCUT2D eigenvalue weighted by Gasteiger charge is -2.39. The smallest absolute Gasteiger partial charge is 0.410 e. The molecule has 6 rings (SSSR count). The number of ether oxygens (including phenoxy) is 1. The average Bonchev–Trinajstić information content (AvgIpc) is 3.25. The number of nitrogens with two attached hydrogens (primary N) is 1. The third-order valence-electron chi connectivity index (χ3n) is 10.8. The van der Waals surface area contributed by atoms with Gasteiger partial charge >= 0.3 is 12.1 Å². The van der Waals surface area contributed by atoms with E-state index in [9.17, 15) is 14.4 Å². The number of amides is 4. The Balaban J connectivity index is 1.09. The number of aryl methyl sites for hydroxylation is 2. The van der Waals surface area contributed by atoms with Crippen LogP contribution in [0.5, 0.6) is 0 Å². The highest BCUT2D eigenvalue weighted by atomic mass is 16.6. The highest BCUT2D eigenvalue weighted by Gasteiger charge is 2.36. The first-order chi connectivity index (χ1) is 22.3. The maximum absolute atomic E-state index is 14.0. The summed E-state index contributed by atoms with van der Waals surface area (Å²) in [5.41, 5.74) is 11.8. The number of nitrogens with zero attached hydrogens (tertiary/aromatic N) is 3. The van der Waals surface area contributed by atoms with Crippen LogP contribution < -0.4 is 16.4 Å². The Morgan fingerprint density at radius 2 is 1.52 bits per heavy atom. The minimum absolute atomic E-state index is 0.0396. The molecule has 0 radical (unpaired) electrons. The van der Waals surface area contributed by atoms with E-state index >= 15 is 0 Å². The summed E-state index contributed by atoms with van der Waals surface area (Å²) in [4.78, 5) is 46.2. The van der Waals surface area contributed by atoms with Crippen molar-refractivity contribution in [2.75, 3.05) is 56.9 Å². The molecule has 0 bridgehead atoms. The summed E-state index contributed by atoms with van der Waals surface area (Å²) in [5, 5.41) is 6.52.